The third-order valence-electron chi connectivity index (χ3n) is 6.29. The topological polar surface area (TPSA) is 59.1 Å². The average molecular weight is 487 g/mol. The van der Waals surface area contributed by atoms with Crippen LogP contribution in [0.2, 0.25) is 5.02 Å². The Kier molecular flexibility index (Phi) is 8.97. The SMILES string of the molecule is COC(=O)[C@H](C)Oc1ccc(Cl)cc1CN1CCN(C(=O)Cc2ccc(C(C)C)cc2)[C@@H](C)C1. The van der Waals surface area contributed by atoms with E-state index in [1.165, 1.54) is 12.7 Å². The van der Waals surface area contributed by atoms with Gasteiger partial charge in [-0.15, -0.1) is 0 Å². The number of rotatable bonds is 8. The first-order valence-electron chi connectivity index (χ1n) is 11.8. The van der Waals surface area contributed by atoms with E-state index in [4.69, 9.17) is 21.1 Å². The summed E-state index contributed by atoms with van der Waals surface area (Å²) in [6.07, 6.45) is -0.298. The van der Waals surface area contributed by atoms with Gasteiger partial charge in [0, 0.05) is 42.8 Å². The molecule has 2 aromatic rings. The molecule has 0 N–H and O–H groups in total. The lowest BCUT2D eigenvalue weighted by Crippen LogP contribution is -2.54. The van der Waals surface area contributed by atoms with Gasteiger partial charge in [0.05, 0.1) is 13.5 Å². The lowest BCUT2D eigenvalue weighted by Gasteiger charge is -2.40. The fourth-order valence-corrected chi connectivity index (χ4v) is 4.47. The number of benzene rings is 2. The molecule has 0 spiro atoms. The Morgan fingerprint density at radius 3 is 2.41 bits per heavy atom. The summed E-state index contributed by atoms with van der Waals surface area (Å²) >= 11 is 6.24. The molecule has 184 valence electrons. The molecule has 1 aliphatic heterocycles. The Morgan fingerprint density at radius 1 is 1.09 bits per heavy atom. The quantitative estimate of drug-likeness (QED) is 0.507. The van der Waals surface area contributed by atoms with E-state index in [2.05, 4.69) is 49.9 Å². The Bertz CT molecular complexity index is 993. The van der Waals surface area contributed by atoms with E-state index in [1.54, 1.807) is 19.1 Å². The summed E-state index contributed by atoms with van der Waals surface area (Å²) in [4.78, 5) is 29.0. The van der Waals surface area contributed by atoms with Crippen molar-refractivity contribution in [2.45, 2.75) is 58.7 Å². The van der Waals surface area contributed by atoms with Crippen molar-refractivity contribution in [3.63, 3.8) is 0 Å². The number of piperazine rings is 1. The first-order chi connectivity index (χ1) is 16.2. The van der Waals surface area contributed by atoms with Gasteiger partial charge in [-0.2, -0.15) is 0 Å². The zero-order chi connectivity index (χ0) is 24.8. The number of halogens is 1. The van der Waals surface area contributed by atoms with E-state index in [9.17, 15) is 9.59 Å². The fraction of sp³-hybridized carbons (Fsp3) is 0.481. The van der Waals surface area contributed by atoms with Gasteiger partial charge in [-0.05, 0) is 49.1 Å². The summed E-state index contributed by atoms with van der Waals surface area (Å²) in [7, 11) is 1.34. The third-order valence-corrected chi connectivity index (χ3v) is 6.52. The molecule has 2 atom stereocenters. The lowest BCUT2D eigenvalue weighted by atomic mass is 10.0. The minimum Gasteiger partial charge on any atom is -0.479 e. The summed E-state index contributed by atoms with van der Waals surface area (Å²) in [6.45, 7) is 10.9. The molecule has 0 saturated carbocycles. The van der Waals surface area contributed by atoms with Crippen molar-refractivity contribution in [1.29, 1.82) is 0 Å². The highest BCUT2D eigenvalue weighted by Gasteiger charge is 2.28. The van der Waals surface area contributed by atoms with Crippen LogP contribution in [0.4, 0.5) is 0 Å². The number of carbonyl (C=O) groups excluding carboxylic acids is 2. The van der Waals surface area contributed by atoms with Crippen LogP contribution in [-0.4, -0.2) is 60.6 Å². The van der Waals surface area contributed by atoms with E-state index >= 15 is 0 Å². The standard InChI is InChI=1S/C27H35ClN2O4/c1-18(2)22-8-6-21(7-9-22)14-26(31)30-13-12-29(16-19(30)3)17-23-15-24(28)10-11-25(23)34-20(4)27(32)33-5/h6-11,15,18-20H,12-14,16-17H2,1-5H3/t19-,20-/m0/s1. The summed E-state index contributed by atoms with van der Waals surface area (Å²) < 4.78 is 10.6. The number of ether oxygens (including phenoxy) is 2. The van der Waals surface area contributed by atoms with Gasteiger partial charge in [-0.1, -0.05) is 49.7 Å². The average Bonchev–Trinajstić information content (AvgIpc) is 2.80. The predicted molar refractivity (Wildman–Crippen MR) is 134 cm³/mol. The number of hydrogen-bond acceptors (Lipinski definition) is 5. The van der Waals surface area contributed by atoms with Gasteiger partial charge >= 0.3 is 5.97 Å². The summed E-state index contributed by atoms with van der Waals surface area (Å²) in [6, 6.07) is 13.8. The Hall–Kier alpha value is -2.57. The van der Waals surface area contributed by atoms with E-state index in [0.29, 0.717) is 36.2 Å². The van der Waals surface area contributed by atoms with Gasteiger partial charge in [-0.25, -0.2) is 4.79 Å². The molecule has 0 aliphatic carbocycles. The zero-order valence-electron chi connectivity index (χ0n) is 20.7. The second-order valence-electron chi connectivity index (χ2n) is 9.28. The maximum Gasteiger partial charge on any atom is 0.346 e. The normalized spacial score (nSPS) is 17.5. The molecule has 1 heterocycles. The minimum atomic E-state index is -0.715. The van der Waals surface area contributed by atoms with Crippen molar-refractivity contribution in [3.05, 3.63) is 64.2 Å². The highest BCUT2D eigenvalue weighted by Crippen LogP contribution is 2.27. The number of hydrogen-bond donors (Lipinski definition) is 0. The van der Waals surface area contributed by atoms with Crippen LogP contribution in [0.15, 0.2) is 42.5 Å². The first-order valence-corrected chi connectivity index (χ1v) is 12.2. The lowest BCUT2D eigenvalue weighted by molar-refractivity contribution is -0.147. The maximum atomic E-state index is 13.0. The largest absolute Gasteiger partial charge is 0.479 e. The van der Waals surface area contributed by atoms with Gasteiger partial charge < -0.3 is 14.4 Å². The number of carbonyl (C=O) groups is 2. The molecule has 1 aliphatic rings. The van der Waals surface area contributed by atoms with Gasteiger partial charge in [-0.3, -0.25) is 9.69 Å². The summed E-state index contributed by atoms with van der Waals surface area (Å²) in [5.41, 5.74) is 3.23. The van der Waals surface area contributed by atoms with Crippen LogP contribution in [0.25, 0.3) is 0 Å². The van der Waals surface area contributed by atoms with E-state index in [0.717, 1.165) is 24.2 Å². The van der Waals surface area contributed by atoms with Gasteiger partial charge in [0.25, 0.3) is 0 Å². The van der Waals surface area contributed by atoms with Crippen LogP contribution in [0.5, 0.6) is 5.75 Å². The molecule has 2 aromatic carbocycles. The van der Waals surface area contributed by atoms with E-state index in [-0.39, 0.29) is 11.9 Å². The van der Waals surface area contributed by atoms with Crippen LogP contribution in [-0.2, 0) is 27.3 Å². The molecule has 1 fully saturated rings. The molecule has 1 amide bonds. The number of methoxy groups -OCH3 is 1. The van der Waals surface area contributed by atoms with E-state index in [1.807, 2.05) is 11.0 Å². The molecule has 0 aromatic heterocycles. The van der Waals surface area contributed by atoms with Crippen LogP contribution < -0.4 is 4.74 Å². The second-order valence-corrected chi connectivity index (χ2v) is 9.72. The molecule has 3 rings (SSSR count). The van der Waals surface area contributed by atoms with Gasteiger partial charge in [0.2, 0.25) is 5.91 Å². The summed E-state index contributed by atoms with van der Waals surface area (Å²) in [5.74, 6) is 0.814. The van der Waals surface area contributed by atoms with Crippen LogP contribution in [0.3, 0.4) is 0 Å². The van der Waals surface area contributed by atoms with Crippen molar-refractivity contribution < 1.29 is 19.1 Å². The molecule has 34 heavy (non-hydrogen) atoms. The second kappa shape index (κ2) is 11.7. The van der Waals surface area contributed by atoms with Crippen LogP contribution in [0.1, 0.15) is 50.3 Å². The van der Waals surface area contributed by atoms with Crippen molar-refractivity contribution in [2.24, 2.45) is 0 Å². The molecule has 6 nitrogen and oxygen atoms in total. The maximum absolute atomic E-state index is 13.0. The highest BCUT2D eigenvalue weighted by molar-refractivity contribution is 6.30. The number of amides is 1. The molecule has 1 saturated heterocycles. The van der Waals surface area contributed by atoms with Gasteiger partial charge in [0.15, 0.2) is 6.10 Å². The molecule has 0 unspecified atom stereocenters. The third kappa shape index (κ3) is 6.73. The Labute approximate surface area is 207 Å². The Balaban J connectivity index is 1.60. The highest BCUT2D eigenvalue weighted by atomic mass is 35.5. The van der Waals surface area contributed by atoms with Crippen molar-refractivity contribution in [2.75, 3.05) is 26.7 Å². The molecule has 7 heteroatoms. The summed E-state index contributed by atoms with van der Waals surface area (Å²) in [5, 5.41) is 0.610. The molecular formula is C27H35ClN2O4. The molecule has 0 radical (unpaired) electrons. The molecule has 0 bridgehead atoms. The van der Waals surface area contributed by atoms with E-state index < -0.39 is 12.1 Å². The monoisotopic (exact) mass is 486 g/mol. The predicted octanol–water partition coefficient (Wildman–Crippen LogP) is 4.68. The fourth-order valence-electron chi connectivity index (χ4n) is 4.28. The van der Waals surface area contributed by atoms with Crippen molar-refractivity contribution in [1.82, 2.24) is 9.80 Å². The van der Waals surface area contributed by atoms with Crippen molar-refractivity contribution in [3.8, 4) is 5.75 Å². The number of nitrogens with zero attached hydrogens (tertiary/aromatic N) is 2. The number of esters is 1. The molecular weight excluding hydrogens is 452 g/mol. The van der Waals surface area contributed by atoms with Gasteiger partial charge in [0.1, 0.15) is 5.75 Å². The first kappa shape index (κ1) is 26.0. The smallest absolute Gasteiger partial charge is 0.346 e. The van der Waals surface area contributed by atoms with Crippen LogP contribution in [0, 0.1) is 0 Å². The Morgan fingerprint density at radius 2 is 1.79 bits per heavy atom. The zero-order valence-corrected chi connectivity index (χ0v) is 21.5. The van der Waals surface area contributed by atoms with Crippen molar-refractivity contribution >= 4 is 23.5 Å². The van der Waals surface area contributed by atoms with Crippen LogP contribution >= 0.6 is 11.6 Å². The minimum absolute atomic E-state index is 0.0914.